The lowest BCUT2D eigenvalue weighted by Crippen LogP contribution is -2.52. The van der Waals surface area contributed by atoms with Crippen molar-refractivity contribution in [3.8, 4) is 0 Å². The van der Waals surface area contributed by atoms with Gasteiger partial charge >= 0.3 is 0 Å². The molecule has 4 rings (SSSR count). The van der Waals surface area contributed by atoms with E-state index in [1.165, 1.54) is 0 Å². The summed E-state index contributed by atoms with van der Waals surface area (Å²) in [4.78, 5) is 24.8. The van der Waals surface area contributed by atoms with E-state index in [1.54, 1.807) is 11.3 Å². The molecular formula is C15H16NO3S-. The maximum absolute atomic E-state index is 12.4. The standard InChI is InChI=1S/C15H17NO3S/c17-14(16-8-11-2-1-7-20-11)12-9-3-5-10(6-4-9)13(12)15(18)19/h1-3,5,7,9-10,12-13H,4,6,8H2,(H,16,17)(H,18,19)/p-1/t9-,10+,12+,13-/m1/s1. The summed E-state index contributed by atoms with van der Waals surface area (Å²) >= 11 is 1.58. The third-order valence-electron chi connectivity index (χ3n) is 4.34. The van der Waals surface area contributed by atoms with E-state index >= 15 is 0 Å². The van der Waals surface area contributed by atoms with E-state index < -0.39 is 17.8 Å². The summed E-state index contributed by atoms with van der Waals surface area (Å²) in [5.41, 5.74) is 0. The number of aliphatic carboxylic acids is 1. The van der Waals surface area contributed by atoms with E-state index in [0.717, 1.165) is 17.7 Å². The van der Waals surface area contributed by atoms with Crippen LogP contribution in [0.4, 0.5) is 0 Å². The van der Waals surface area contributed by atoms with E-state index in [9.17, 15) is 14.7 Å². The zero-order valence-electron chi connectivity index (χ0n) is 11.0. The van der Waals surface area contributed by atoms with Crippen LogP contribution in [-0.2, 0) is 16.1 Å². The molecule has 3 aliphatic carbocycles. The molecule has 0 unspecified atom stereocenters. The van der Waals surface area contributed by atoms with Crippen LogP contribution < -0.4 is 10.4 Å². The molecule has 3 aliphatic rings. The highest BCUT2D eigenvalue weighted by Gasteiger charge is 2.44. The molecule has 1 aromatic rings. The lowest BCUT2D eigenvalue weighted by atomic mass is 9.62. The Morgan fingerprint density at radius 1 is 1.25 bits per heavy atom. The number of allylic oxidation sites excluding steroid dienone is 2. The van der Waals surface area contributed by atoms with Crippen LogP contribution in [0.1, 0.15) is 17.7 Å². The quantitative estimate of drug-likeness (QED) is 0.839. The maximum Gasteiger partial charge on any atom is 0.224 e. The SMILES string of the molecule is O=C(NCc1cccs1)[C@@H]1[C@H](C(=O)[O-])[C@H]2C=C[C@@H]1CC2. The van der Waals surface area contributed by atoms with Crippen molar-refractivity contribution in [3.05, 3.63) is 34.5 Å². The highest BCUT2D eigenvalue weighted by molar-refractivity contribution is 7.09. The first-order valence-electron chi connectivity index (χ1n) is 6.86. The summed E-state index contributed by atoms with van der Waals surface area (Å²) in [6.07, 6.45) is 5.68. The van der Waals surface area contributed by atoms with Crippen molar-refractivity contribution >= 4 is 23.2 Å². The van der Waals surface area contributed by atoms with Gasteiger partial charge in [0.1, 0.15) is 0 Å². The first-order valence-corrected chi connectivity index (χ1v) is 7.74. The molecule has 5 heteroatoms. The van der Waals surface area contributed by atoms with E-state index in [1.807, 2.05) is 29.7 Å². The minimum atomic E-state index is -1.10. The fraction of sp³-hybridized carbons (Fsp3) is 0.467. The van der Waals surface area contributed by atoms with Gasteiger partial charge in [0.05, 0.1) is 12.5 Å². The minimum absolute atomic E-state index is 0.0336. The van der Waals surface area contributed by atoms with Gasteiger partial charge in [-0.05, 0) is 36.1 Å². The second kappa shape index (κ2) is 5.40. The van der Waals surface area contributed by atoms with Gasteiger partial charge in [-0.1, -0.05) is 18.2 Å². The van der Waals surface area contributed by atoms with Crippen LogP contribution in [0.25, 0.3) is 0 Å². The van der Waals surface area contributed by atoms with Crippen molar-refractivity contribution in [2.45, 2.75) is 19.4 Å². The highest BCUT2D eigenvalue weighted by Crippen LogP contribution is 2.44. The predicted molar refractivity (Wildman–Crippen MR) is 73.5 cm³/mol. The normalized spacial score (nSPS) is 31.2. The Morgan fingerprint density at radius 3 is 2.50 bits per heavy atom. The fourth-order valence-corrected chi connectivity index (χ4v) is 4.02. The second-order valence-electron chi connectivity index (χ2n) is 5.46. The third kappa shape index (κ3) is 2.38. The molecule has 4 nitrogen and oxygen atoms in total. The largest absolute Gasteiger partial charge is 0.550 e. The van der Waals surface area contributed by atoms with Crippen molar-refractivity contribution in [2.24, 2.45) is 23.7 Å². The number of carbonyl (C=O) groups is 2. The number of carbonyl (C=O) groups excluding carboxylic acids is 2. The lowest BCUT2D eigenvalue weighted by molar-refractivity contribution is -0.316. The highest BCUT2D eigenvalue weighted by atomic mass is 32.1. The molecule has 0 saturated heterocycles. The van der Waals surface area contributed by atoms with E-state index in [0.29, 0.717) is 6.54 Å². The van der Waals surface area contributed by atoms with E-state index in [4.69, 9.17) is 0 Å². The minimum Gasteiger partial charge on any atom is -0.550 e. The Morgan fingerprint density at radius 2 is 1.95 bits per heavy atom. The van der Waals surface area contributed by atoms with Gasteiger partial charge in [0, 0.05) is 16.8 Å². The van der Waals surface area contributed by atoms with Crippen molar-refractivity contribution in [1.29, 1.82) is 0 Å². The summed E-state index contributed by atoms with van der Waals surface area (Å²) < 4.78 is 0. The Hall–Kier alpha value is -1.62. The average Bonchev–Trinajstić information content (AvgIpc) is 2.98. The van der Waals surface area contributed by atoms with Crippen LogP contribution in [0.15, 0.2) is 29.7 Å². The number of nitrogens with one attached hydrogen (secondary N) is 1. The molecule has 20 heavy (non-hydrogen) atoms. The number of fused-ring (bicyclic) bond motifs is 2. The number of hydrogen-bond donors (Lipinski definition) is 1. The zero-order valence-corrected chi connectivity index (χ0v) is 11.8. The molecule has 2 bridgehead atoms. The average molecular weight is 290 g/mol. The van der Waals surface area contributed by atoms with Crippen molar-refractivity contribution in [3.63, 3.8) is 0 Å². The third-order valence-corrected chi connectivity index (χ3v) is 5.22. The van der Waals surface area contributed by atoms with Gasteiger partial charge in [-0.25, -0.2) is 0 Å². The van der Waals surface area contributed by atoms with Crippen LogP contribution in [-0.4, -0.2) is 11.9 Å². The number of carboxylic acids is 1. The first-order chi connectivity index (χ1) is 9.66. The molecule has 1 N–H and O–H groups in total. The molecule has 1 aromatic heterocycles. The van der Waals surface area contributed by atoms with Crippen LogP contribution >= 0.6 is 11.3 Å². The van der Waals surface area contributed by atoms with Crippen LogP contribution in [0.5, 0.6) is 0 Å². The van der Waals surface area contributed by atoms with Gasteiger partial charge in [-0.15, -0.1) is 11.3 Å². The van der Waals surface area contributed by atoms with Crippen LogP contribution in [0, 0.1) is 23.7 Å². The van der Waals surface area contributed by atoms with Gasteiger partial charge in [-0.3, -0.25) is 4.79 Å². The van der Waals surface area contributed by atoms with Crippen molar-refractivity contribution < 1.29 is 14.7 Å². The molecule has 106 valence electrons. The Balaban J connectivity index is 1.72. The molecule has 1 saturated carbocycles. The molecule has 0 radical (unpaired) electrons. The summed E-state index contributed by atoms with van der Waals surface area (Å²) in [5, 5.41) is 16.2. The number of thiophene rings is 1. The van der Waals surface area contributed by atoms with Crippen LogP contribution in [0.3, 0.4) is 0 Å². The molecule has 0 spiro atoms. The van der Waals surface area contributed by atoms with E-state index in [-0.39, 0.29) is 17.7 Å². The van der Waals surface area contributed by atoms with Crippen LogP contribution in [0.2, 0.25) is 0 Å². The smallest absolute Gasteiger partial charge is 0.224 e. The monoisotopic (exact) mass is 290 g/mol. The molecule has 0 aliphatic heterocycles. The zero-order chi connectivity index (χ0) is 14.1. The van der Waals surface area contributed by atoms with Gasteiger partial charge in [0.2, 0.25) is 5.91 Å². The second-order valence-corrected chi connectivity index (χ2v) is 6.49. The fourth-order valence-electron chi connectivity index (χ4n) is 3.38. The van der Waals surface area contributed by atoms with Crippen molar-refractivity contribution in [2.75, 3.05) is 0 Å². The Kier molecular flexibility index (Phi) is 3.61. The molecular weight excluding hydrogens is 274 g/mol. The van der Waals surface area contributed by atoms with E-state index in [2.05, 4.69) is 5.32 Å². The lowest BCUT2D eigenvalue weighted by Gasteiger charge is -2.44. The summed E-state index contributed by atoms with van der Waals surface area (Å²) in [6, 6.07) is 3.88. The molecule has 1 heterocycles. The number of hydrogen-bond acceptors (Lipinski definition) is 4. The van der Waals surface area contributed by atoms with Gasteiger partial charge < -0.3 is 15.2 Å². The summed E-state index contributed by atoms with van der Waals surface area (Å²) in [6.45, 7) is 0.466. The predicted octanol–water partition coefficient (Wildman–Crippen LogP) is 0.943. The Labute approximate surface area is 121 Å². The molecule has 0 aromatic carbocycles. The van der Waals surface area contributed by atoms with Crippen molar-refractivity contribution in [1.82, 2.24) is 5.32 Å². The molecule has 1 fully saturated rings. The Bertz CT molecular complexity index is 537. The summed E-state index contributed by atoms with van der Waals surface area (Å²) in [5.74, 6) is -2.44. The maximum atomic E-state index is 12.4. The molecule has 4 atom stereocenters. The number of amides is 1. The molecule has 1 amide bonds. The topological polar surface area (TPSA) is 69.2 Å². The summed E-state index contributed by atoms with van der Waals surface area (Å²) in [7, 11) is 0. The van der Waals surface area contributed by atoms with Gasteiger partial charge in [-0.2, -0.15) is 0 Å². The van der Waals surface area contributed by atoms with Gasteiger partial charge in [0.15, 0.2) is 0 Å². The first kappa shape index (κ1) is 13.4. The van der Waals surface area contributed by atoms with Gasteiger partial charge in [0.25, 0.3) is 0 Å². The number of rotatable bonds is 4. The number of carboxylic acid groups (broad SMARTS) is 1.